The summed E-state index contributed by atoms with van der Waals surface area (Å²) < 4.78 is 11.0. The van der Waals surface area contributed by atoms with Gasteiger partial charge in [0.15, 0.2) is 0 Å². The fraction of sp³-hybridized carbons (Fsp3) is 0.476. The molecule has 1 aliphatic carbocycles. The van der Waals surface area contributed by atoms with Gasteiger partial charge in [-0.25, -0.2) is 0 Å². The predicted molar refractivity (Wildman–Crippen MR) is 100 cm³/mol. The second-order valence-corrected chi connectivity index (χ2v) is 7.52. The van der Waals surface area contributed by atoms with Crippen LogP contribution in [0.1, 0.15) is 37.7 Å². The van der Waals surface area contributed by atoms with Crippen molar-refractivity contribution in [3.8, 4) is 5.75 Å². The van der Waals surface area contributed by atoms with Crippen molar-refractivity contribution < 1.29 is 19.1 Å². The number of esters is 1. The predicted octanol–water partition coefficient (Wildman–Crippen LogP) is 3.08. The van der Waals surface area contributed by atoms with Crippen LogP contribution in [-0.4, -0.2) is 41.5 Å². The maximum absolute atomic E-state index is 13.2. The van der Waals surface area contributed by atoms with E-state index in [0.717, 1.165) is 42.1 Å². The number of carbonyl (C=O) groups excluding carboxylic acids is 2. The van der Waals surface area contributed by atoms with Crippen molar-refractivity contribution in [1.29, 1.82) is 0 Å². The first-order valence-corrected chi connectivity index (χ1v) is 9.41. The van der Waals surface area contributed by atoms with Crippen LogP contribution in [0.25, 0.3) is 10.9 Å². The van der Waals surface area contributed by atoms with Gasteiger partial charge in [-0.05, 0) is 43.4 Å². The Bertz CT molecular complexity index is 889. The Balaban J connectivity index is 1.59. The molecule has 1 aromatic carbocycles. The highest BCUT2D eigenvalue weighted by Gasteiger charge is 2.54. The van der Waals surface area contributed by atoms with Crippen molar-refractivity contribution in [1.82, 2.24) is 9.88 Å². The fourth-order valence-electron chi connectivity index (χ4n) is 4.54. The van der Waals surface area contributed by atoms with Gasteiger partial charge in [0.1, 0.15) is 16.9 Å². The lowest BCUT2D eigenvalue weighted by Crippen LogP contribution is -2.43. The fourth-order valence-corrected chi connectivity index (χ4v) is 4.54. The van der Waals surface area contributed by atoms with Crippen LogP contribution in [-0.2, 0) is 20.9 Å². The van der Waals surface area contributed by atoms with E-state index in [9.17, 15) is 9.59 Å². The van der Waals surface area contributed by atoms with Gasteiger partial charge in [0, 0.05) is 25.2 Å². The van der Waals surface area contributed by atoms with Gasteiger partial charge < -0.3 is 14.4 Å². The van der Waals surface area contributed by atoms with Crippen molar-refractivity contribution in [2.24, 2.45) is 5.92 Å². The molecule has 1 saturated heterocycles. The Hall–Kier alpha value is -2.63. The van der Waals surface area contributed by atoms with E-state index in [-0.39, 0.29) is 24.2 Å². The van der Waals surface area contributed by atoms with Gasteiger partial charge in [0.05, 0.1) is 19.4 Å². The largest absolute Gasteiger partial charge is 0.494 e. The number of hydrogen-bond acceptors (Lipinski definition) is 5. The number of aromatic nitrogens is 1. The Morgan fingerprint density at radius 2 is 2.11 bits per heavy atom. The number of carbonyl (C=O) groups is 2. The van der Waals surface area contributed by atoms with Gasteiger partial charge in [0.2, 0.25) is 5.91 Å². The second-order valence-electron chi connectivity index (χ2n) is 7.52. The van der Waals surface area contributed by atoms with Crippen molar-refractivity contribution in [2.45, 2.75) is 44.2 Å². The van der Waals surface area contributed by atoms with Gasteiger partial charge in [-0.1, -0.05) is 12.1 Å². The van der Waals surface area contributed by atoms with Crippen LogP contribution in [0.3, 0.4) is 0 Å². The summed E-state index contributed by atoms with van der Waals surface area (Å²) in [6.45, 7) is 0.450. The summed E-state index contributed by atoms with van der Waals surface area (Å²) in [5, 5.41) is 0.964. The number of methoxy groups -OCH3 is 1. The van der Waals surface area contributed by atoms with Crippen LogP contribution < -0.4 is 4.74 Å². The molecule has 27 heavy (non-hydrogen) atoms. The van der Waals surface area contributed by atoms with E-state index in [1.807, 2.05) is 24.3 Å². The molecule has 6 nitrogen and oxygen atoms in total. The summed E-state index contributed by atoms with van der Waals surface area (Å²) in [5.74, 6) is 0.0709. The standard InChI is InChI=1S/C21H24N2O4/c1-23(20(25)16-12-18(24)27-21(16)9-3-4-10-21)13-14-7-8-17(26-2)19-15(14)6-5-11-22-19/h5-8,11,16H,3-4,9-10,12-13H2,1-2H3. The summed E-state index contributed by atoms with van der Waals surface area (Å²) in [6, 6.07) is 7.71. The molecule has 142 valence electrons. The molecular weight excluding hydrogens is 344 g/mol. The maximum Gasteiger partial charge on any atom is 0.307 e. The summed E-state index contributed by atoms with van der Waals surface area (Å²) in [7, 11) is 3.41. The lowest BCUT2D eigenvalue weighted by molar-refractivity contribution is -0.151. The molecule has 1 aliphatic heterocycles. The number of fused-ring (bicyclic) bond motifs is 1. The number of hydrogen-bond donors (Lipinski definition) is 0. The minimum atomic E-state index is -0.577. The average Bonchev–Trinajstić information content (AvgIpc) is 3.27. The van der Waals surface area contributed by atoms with Crippen molar-refractivity contribution in [3.05, 3.63) is 36.0 Å². The van der Waals surface area contributed by atoms with Gasteiger partial charge >= 0.3 is 5.97 Å². The van der Waals surface area contributed by atoms with Gasteiger partial charge in [0.25, 0.3) is 0 Å². The monoisotopic (exact) mass is 368 g/mol. The maximum atomic E-state index is 13.2. The first kappa shape index (κ1) is 17.8. The van der Waals surface area contributed by atoms with Crippen molar-refractivity contribution in [3.63, 3.8) is 0 Å². The molecule has 1 atom stereocenters. The van der Waals surface area contributed by atoms with Crippen LogP contribution in [0.15, 0.2) is 30.5 Å². The second kappa shape index (κ2) is 6.83. The third kappa shape index (κ3) is 3.03. The Morgan fingerprint density at radius 3 is 2.85 bits per heavy atom. The molecule has 0 N–H and O–H groups in total. The van der Waals surface area contributed by atoms with Gasteiger partial charge in [-0.2, -0.15) is 0 Å². The van der Waals surface area contributed by atoms with Crippen LogP contribution in [0.4, 0.5) is 0 Å². The smallest absolute Gasteiger partial charge is 0.307 e. The van der Waals surface area contributed by atoms with E-state index < -0.39 is 5.60 Å². The number of rotatable bonds is 4. The molecule has 0 radical (unpaired) electrons. The highest BCUT2D eigenvalue weighted by atomic mass is 16.6. The Labute approximate surface area is 158 Å². The molecule has 1 amide bonds. The highest BCUT2D eigenvalue weighted by Crippen LogP contribution is 2.46. The molecule has 2 aromatic rings. The van der Waals surface area contributed by atoms with Crippen molar-refractivity contribution in [2.75, 3.05) is 14.2 Å². The molecule has 2 aliphatic rings. The quantitative estimate of drug-likeness (QED) is 0.776. The molecular formula is C21H24N2O4. The SMILES string of the molecule is COc1ccc(CN(C)C(=O)C2CC(=O)OC23CCCC3)c2cccnc12. The van der Waals surface area contributed by atoms with E-state index in [0.29, 0.717) is 12.3 Å². The molecule has 1 spiro atoms. The molecule has 1 aromatic heterocycles. The third-order valence-corrected chi connectivity index (χ3v) is 5.90. The molecule has 6 heteroatoms. The van der Waals surface area contributed by atoms with Crippen LogP contribution in [0.5, 0.6) is 5.75 Å². The summed E-state index contributed by atoms with van der Waals surface area (Å²) in [4.78, 5) is 31.2. The van der Waals surface area contributed by atoms with Crippen LogP contribution in [0.2, 0.25) is 0 Å². The molecule has 0 bridgehead atoms. The highest BCUT2D eigenvalue weighted by molar-refractivity contribution is 5.90. The first-order valence-electron chi connectivity index (χ1n) is 9.41. The zero-order valence-corrected chi connectivity index (χ0v) is 15.7. The van der Waals surface area contributed by atoms with E-state index in [4.69, 9.17) is 9.47 Å². The normalized spacial score (nSPS) is 20.8. The third-order valence-electron chi connectivity index (χ3n) is 5.90. The zero-order chi connectivity index (χ0) is 19.0. The van der Waals surface area contributed by atoms with E-state index >= 15 is 0 Å². The van der Waals surface area contributed by atoms with Crippen LogP contribution in [0, 0.1) is 5.92 Å². The van der Waals surface area contributed by atoms with E-state index in [1.54, 1.807) is 25.3 Å². The first-order chi connectivity index (χ1) is 13.0. The van der Waals surface area contributed by atoms with Gasteiger partial charge in [-0.3, -0.25) is 14.6 Å². The zero-order valence-electron chi connectivity index (χ0n) is 15.7. The number of amides is 1. The minimum Gasteiger partial charge on any atom is -0.494 e. The number of benzene rings is 1. The lowest BCUT2D eigenvalue weighted by atomic mass is 9.84. The lowest BCUT2D eigenvalue weighted by Gasteiger charge is -2.31. The summed E-state index contributed by atoms with van der Waals surface area (Å²) in [6.07, 6.45) is 5.52. The minimum absolute atomic E-state index is 0.0180. The average molecular weight is 368 g/mol. The molecule has 1 saturated carbocycles. The summed E-state index contributed by atoms with van der Waals surface area (Å²) in [5.41, 5.74) is 1.21. The van der Waals surface area contributed by atoms with E-state index in [2.05, 4.69) is 4.98 Å². The molecule has 1 unspecified atom stereocenters. The van der Waals surface area contributed by atoms with Crippen LogP contribution >= 0.6 is 0 Å². The number of pyridine rings is 1. The molecule has 4 rings (SSSR count). The van der Waals surface area contributed by atoms with Crippen molar-refractivity contribution >= 4 is 22.8 Å². The van der Waals surface area contributed by atoms with E-state index in [1.165, 1.54) is 0 Å². The topological polar surface area (TPSA) is 68.7 Å². The number of nitrogens with zero attached hydrogens (tertiary/aromatic N) is 2. The Kier molecular flexibility index (Phi) is 4.50. The number of ether oxygens (including phenoxy) is 2. The Morgan fingerprint density at radius 1 is 1.33 bits per heavy atom. The molecule has 2 heterocycles. The van der Waals surface area contributed by atoms with Gasteiger partial charge in [-0.15, -0.1) is 0 Å². The summed E-state index contributed by atoms with van der Waals surface area (Å²) >= 11 is 0. The molecule has 2 fully saturated rings.